The Bertz CT molecular complexity index is 1210. The van der Waals surface area contributed by atoms with Crippen molar-refractivity contribution >= 4 is 0 Å². The second-order valence-electron chi connectivity index (χ2n) is 9.84. The Labute approximate surface area is 215 Å². The molecule has 186 valence electrons. The molecule has 36 heavy (non-hydrogen) atoms. The molecule has 4 aromatic carbocycles. The summed E-state index contributed by atoms with van der Waals surface area (Å²) in [6, 6.07) is 29.4. The molecule has 0 unspecified atom stereocenters. The molecule has 4 rings (SSSR count). The van der Waals surface area contributed by atoms with Crippen LogP contribution in [0, 0.1) is 18.6 Å². The van der Waals surface area contributed by atoms with Gasteiger partial charge in [-0.25, -0.2) is 8.78 Å². The van der Waals surface area contributed by atoms with Crippen LogP contribution in [-0.2, 0) is 12.8 Å². The van der Waals surface area contributed by atoms with Gasteiger partial charge < -0.3 is 0 Å². The zero-order valence-electron chi connectivity index (χ0n) is 21.3. The van der Waals surface area contributed by atoms with Crippen LogP contribution in [-0.4, -0.2) is 0 Å². The van der Waals surface area contributed by atoms with E-state index in [1.54, 1.807) is 6.07 Å². The summed E-state index contributed by atoms with van der Waals surface area (Å²) in [5.41, 5.74) is 7.85. The largest absolute Gasteiger partial charge is 0.207 e. The lowest BCUT2D eigenvalue weighted by molar-refractivity contribution is 0.579. The second kappa shape index (κ2) is 13.2. The van der Waals surface area contributed by atoms with E-state index in [4.69, 9.17) is 0 Å². The molecule has 0 atom stereocenters. The molecule has 0 aliphatic carbocycles. The third-order valence-corrected chi connectivity index (χ3v) is 7.01. The summed E-state index contributed by atoms with van der Waals surface area (Å²) in [6.07, 6.45) is 11.2. The molecule has 0 saturated carbocycles. The SMILES string of the molecule is Cc1cc(-c2ccc(CCCCCCCCCc3ccc(-c4ccc(F)cc4)cc3)cc2)ccc1F. The zero-order valence-corrected chi connectivity index (χ0v) is 21.3. The maximum atomic E-state index is 13.5. The van der Waals surface area contributed by atoms with Gasteiger partial charge in [0.25, 0.3) is 0 Å². The van der Waals surface area contributed by atoms with E-state index >= 15 is 0 Å². The van der Waals surface area contributed by atoms with Gasteiger partial charge in [0.15, 0.2) is 0 Å². The van der Waals surface area contributed by atoms with Crippen molar-refractivity contribution in [3.63, 3.8) is 0 Å². The highest BCUT2D eigenvalue weighted by atomic mass is 19.1. The van der Waals surface area contributed by atoms with Gasteiger partial charge in [0.2, 0.25) is 0 Å². The second-order valence-corrected chi connectivity index (χ2v) is 9.84. The van der Waals surface area contributed by atoms with Crippen molar-refractivity contribution in [3.05, 3.63) is 119 Å². The predicted octanol–water partition coefficient (Wildman–Crippen LogP) is 10.1. The smallest absolute Gasteiger partial charge is 0.126 e. The number of benzene rings is 4. The van der Waals surface area contributed by atoms with Crippen LogP contribution in [0.2, 0.25) is 0 Å². The molecule has 0 N–H and O–H groups in total. The fourth-order valence-electron chi connectivity index (χ4n) is 4.74. The van der Waals surface area contributed by atoms with Crippen LogP contribution >= 0.6 is 0 Å². The van der Waals surface area contributed by atoms with E-state index < -0.39 is 0 Å². The highest BCUT2D eigenvalue weighted by molar-refractivity contribution is 5.65. The summed E-state index contributed by atoms with van der Waals surface area (Å²) < 4.78 is 26.6. The van der Waals surface area contributed by atoms with Crippen LogP contribution in [0.25, 0.3) is 22.3 Å². The standard InChI is InChI=1S/C34H36F2/c1-26-25-32(21-24-34(26)36)31-17-13-28(14-18-31)10-8-6-4-2-3-5-7-9-27-11-15-29(16-12-27)30-19-22-33(35)23-20-30/h11-25H,2-10H2,1H3. The average Bonchev–Trinajstić information content (AvgIpc) is 2.90. The number of halogens is 2. The van der Waals surface area contributed by atoms with E-state index in [9.17, 15) is 8.78 Å². The number of unbranched alkanes of at least 4 members (excludes halogenated alkanes) is 6. The van der Waals surface area contributed by atoms with Crippen molar-refractivity contribution < 1.29 is 8.78 Å². The third kappa shape index (κ3) is 7.62. The lowest BCUT2D eigenvalue weighted by Crippen LogP contribution is -1.89. The summed E-state index contributed by atoms with van der Waals surface area (Å²) in [4.78, 5) is 0. The molecule has 0 heterocycles. The van der Waals surface area contributed by atoms with E-state index in [2.05, 4.69) is 48.5 Å². The van der Waals surface area contributed by atoms with E-state index in [1.807, 2.05) is 31.2 Å². The molecule has 0 amide bonds. The molecule has 0 bridgehead atoms. The topological polar surface area (TPSA) is 0 Å². The minimum atomic E-state index is -0.195. The summed E-state index contributed by atoms with van der Waals surface area (Å²) in [7, 11) is 0. The molecule has 0 saturated heterocycles. The lowest BCUT2D eigenvalue weighted by atomic mass is 9.99. The highest BCUT2D eigenvalue weighted by Gasteiger charge is 2.03. The van der Waals surface area contributed by atoms with Gasteiger partial charge in [0, 0.05) is 0 Å². The maximum Gasteiger partial charge on any atom is 0.126 e. The average molecular weight is 483 g/mol. The number of rotatable bonds is 12. The van der Waals surface area contributed by atoms with Crippen LogP contribution < -0.4 is 0 Å². The highest BCUT2D eigenvalue weighted by Crippen LogP contribution is 2.23. The van der Waals surface area contributed by atoms with Gasteiger partial charge in [-0.3, -0.25) is 0 Å². The molecule has 0 spiro atoms. The molecule has 0 aromatic heterocycles. The third-order valence-electron chi connectivity index (χ3n) is 7.01. The number of hydrogen-bond donors (Lipinski definition) is 0. The van der Waals surface area contributed by atoms with Crippen molar-refractivity contribution in [2.75, 3.05) is 0 Å². The summed E-state index contributed by atoms with van der Waals surface area (Å²) in [6.45, 7) is 1.81. The van der Waals surface area contributed by atoms with Crippen LogP contribution in [0.3, 0.4) is 0 Å². The number of hydrogen-bond acceptors (Lipinski definition) is 0. The fraction of sp³-hybridized carbons (Fsp3) is 0.294. The molecule has 0 fully saturated rings. The molecule has 0 nitrogen and oxygen atoms in total. The van der Waals surface area contributed by atoms with Crippen molar-refractivity contribution in [1.82, 2.24) is 0 Å². The first-order chi connectivity index (χ1) is 17.6. The van der Waals surface area contributed by atoms with Gasteiger partial charge in [0.05, 0.1) is 0 Å². The zero-order chi connectivity index (χ0) is 25.2. The van der Waals surface area contributed by atoms with Crippen LogP contribution in [0.1, 0.15) is 61.6 Å². The minimum Gasteiger partial charge on any atom is -0.207 e. The quantitative estimate of drug-likeness (QED) is 0.176. The van der Waals surface area contributed by atoms with Gasteiger partial charge >= 0.3 is 0 Å². The van der Waals surface area contributed by atoms with Crippen LogP contribution in [0.15, 0.2) is 91.0 Å². The van der Waals surface area contributed by atoms with E-state index in [0.29, 0.717) is 5.56 Å². The first-order valence-corrected chi connectivity index (χ1v) is 13.3. The van der Waals surface area contributed by atoms with Crippen molar-refractivity contribution in [3.8, 4) is 22.3 Å². The molecule has 4 aromatic rings. The molecule has 2 heteroatoms. The molecule has 0 radical (unpaired) electrons. The van der Waals surface area contributed by atoms with Crippen LogP contribution in [0.5, 0.6) is 0 Å². The van der Waals surface area contributed by atoms with Gasteiger partial charge in [0.1, 0.15) is 11.6 Å². The predicted molar refractivity (Wildman–Crippen MR) is 148 cm³/mol. The molecule has 0 aliphatic heterocycles. The summed E-state index contributed by atoms with van der Waals surface area (Å²) >= 11 is 0. The fourth-order valence-corrected chi connectivity index (χ4v) is 4.74. The molecular weight excluding hydrogens is 446 g/mol. The monoisotopic (exact) mass is 482 g/mol. The number of aryl methyl sites for hydroxylation is 3. The Kier molecular flexibility index (Phi) is 9.44. The lowest BCUT2D eigenvalue weighted by Gasteiger charge is -2.07. The van der Waals surface area contributed by atoms with Gasteiger partial charge in [-0.2, -0.15) is 0 Å². The van der Waals surface area contributed by atoms with E-state index in [-0.39, 0.29) is 11.6 Å². The van der Waals surface area contributed by atoms with Gasteiger partial charge in [-0.05, 0) is 95.8 Å². The Hall–Kier alpha value is -3.26. The molecule has 0 aliphatic rings. The van der Waals surface area contributed by atoms with Gasteiger partial charge in [-0.1, -0.05) is 98.8 Å². The van der Waals surface area contributed by atoms with Crippen LogP contribution in [0.4, 0.5) is 8.78 Å². The van der Waals surface area contributed by atoms with Crippen molar-refractivity contribution in [2.45, 2.75) is 64.7 Å². The minimum absolute atomic E-state index is 0.148. The Morgan fingerprint density at radius 1 is 0.444 bits per heavy atom. The normalized spacial score (nSPS) is 11.1. The first kappa shape index (κ1) is 25.8. The summed E-state index contributed by atoms with van der Waals surface area (Å²) in [5, 5.41) is 0. The van der Waals surface area contributed by atoms with Crippen molar-refractivity contribution in [2.24, 2.45) is 0 Å². The first-order valence-electron chi connectivity index (χ1n) is 13.3. The van der Waals surface area contributed by atoms with Crippen molar-refractivity contribution in [1.29, 1.82) is 0 Å². The van der Waals surface area contributed by atoms with E-state index in [1.165, 1.54) is 68.2 Å². The maximum absolute atomic E-state index is 13.5. The Balaban J connectivity index is 1.06. The molecular formula is C34H36F2. The Morgan fingerprint density at radius 2 is 0.833 bits per heavy atom. The van der Waals surface area contributed by atoms with E-state index in [0.717, 1.165) is 35.1 Å². The summed E-state index contributed by atoms with van der Waals surface area (Å²) in [5.74, 6) is -0.343. The Morgan fingerprint density at radius 3 is 1.31 bits per heavy atom. The van der Waals surface area contributed by atoms with Gasteiger partial charge in [-0.15, -0.1) is 0 Å².